The number of fused-ring (bicyclic) bond motifs is 1. The number of aromatic nitrogens is 1. The standard InChI is InChI=1S/C22H22F3NO4/c1-4-28-21(27)19-10-17(15-7-5-13(12(2)3)9-18(15)23)16-8-6-14(11-29-22(24)25)30-20(16)26-19/h5,7,9-10,14,22H,2,4,6,8,11H2,1,3H3/t14-/m0/s1. The maximum Gasteiger partial charge on any atom is 0.357 e. The van der Waals surface area contributed by atoms with Crippen molar-refractivity contribution in [3.8, 4) is 17.0 Å². The minimum atomic E-state index is -2.91. The van der Waals surface area contributed by atoms with Crippen LogP contribution in [-0.4, -0.2) is 36.9 Å². The van der Waals surface area contributed by atoms with E-state index in [1.165, 1.54) is 12.1 Å². The van der Waals surface area contributed by atoms with Gasteiger partial charge < -0.3 is 14.2 Å². The van der Waals surface area contributed by atoms with E-state index in [1.54, 1.807) is 26.0 Å². The second-order valence-corrected chi connectivity index (χ2v) is 6.91. The van der Waals surface area contributed by atoms with E-state index in [1.807, 2.05) is 0 Å². The highest BCUT2D eigenvalue weighted by Gasteiger charge is 2.28. The van der Waals surface area contributed by atoms with E-state index in [0.717, 1.165) is 5.57 Å². The Labute approximate surface area is 172 Å². The summed E-state index contributed by atoms with van der Waals surface area (Å²) in [7, 11) is 0. The molecule has 0 saturated carbocycles. The average molecular weight is 421 g/mol. The van der Waals surface area contributed by atoms with Crippen molar-refractivity contribution in [1.29, 1.82) is 0 Å². The van der Waals surface area contributed by atoms with Crippen LogP contribution in [0.25, 0.3) is 16.7 Å². The van der Waals surface area contributed by atoms with Gasteiger partial charge in [-0.05, 0) is 49.9 Å². The van der Waals surface area contributed by atoms with Crippen molar-refractivity contribution in [2.45, 2.75) is 39.4 Å². The third-order valence-electron chi connectivity index (χ3n) is 4.73. The van der Waals surface area contributed by atoms with Gasteiger partial charge in [0.15, 0.2) is 5.69 Å². The van der Waals surface area contributed by atoms with Crippen LogP contribution in [0.1, 0.15) is 41.9 Å². The molecular weight excluding hydrogens is 399 g/mol. The molecule has 3 rings (SSSR count). The van der Waals surface area contributed by atoms with Gasteiger partial charge in [0, 0.05) is 11.1 Å². The molecule has 2 heterocycles. The number of alkyl halides is 2. The van der Waals surface area contributed by atoms with Crippen molar-refractivity contribution in [3.63, 3.8) is 0 Å². The Balaban J connectivity index is 2.05. The first-order chi connectivity index (χ1) is 14.3. The molecule has 0 fully saturated rings. The van der Waals surface area contributed by atoms with Crippen molar-refractivity contribution in [1.82, 2.24) is 4.98 Å². The van der Waals surface area contributed by atoms with E-state index in [9.17, 15) is 18.0 Å². The summed E-state index contributed by atoms with van der Waals surface area (Å²) in [6.45, 7) is 4.15. The van der Waals surface area contributed by atoms with Gasteiger partial charge in [-0.25, -0.2) is 14.2 Å². The third-order valence-corrected chi connectivity index (χ3v) is 4.73. The molecule has 0 aliphatic carbocycles. The number of allylic oxidation sites excluding steroid dienone is 1. The fraction of sp³-hybridized carbons (Fsp3) is 0.364. The zero-order valence-electron chi connectivity index (χ0n) is 16.7. The van der Waals surface area contributed by atoms with E-state index in [2.05, 4.69) is 16.3 Å². The highest BCUT2D eigenvalue weighted by Crippen LogP contribution is 2.37. The third kappa shape index (κ3) is 4.81. The zero-order chi connectivity index (χ0) is 21.8. The largest absolute Gasteiger partial charge is 0.472 e. The quantitative estimate of drug-likeness (QED) is 0.587. The van der Waals surface area contributed by atoms with E-state index in [-0.39, 0.29) is 30.4 Å². The molecule has 0 saturated heterocycles. The lowest BCUT2D eigenvalue weighted by molar-refractivity contribution is -0.146. The monoisotopic (exact) mass is 421 g/mol. The Morgan fingerprint density at radius 3 is 2.73 bits per heavy atom. The van der Waals surface area contributed by atoms with Crippen molar-refractivity contribution in [2.75, 3.05) is 13.2 Å². The maximum atomic E-state index is 14.9. The van der Waals surface area contributed by atoms with E-state index >= 15 is 0 Å². The van der Waals surface area contributed by atoms with E-state index in [0.29, 0.717) is 29.5 Å². The van der Waals surface area contributed by atoms with Crippen LogP contribution >= 0.6 is 0 Å². The summed E-state index contributed by atoms with van der Waals surface area (Å²) in [5, 5.41) is 0. The summed E-state index contributed by atoms with van der Waals surface area (Å²) >= 11 is 0. The lowest BCUT2D eigenvalue weighted by Crippen LogP contribution is -2.30. The molecule has 160 valence electrons. The van der Waals surface area contributed by atoms with Gasteiger partial charge in [0.1, 0.15) is 11.9 Å². The molecule has 1 aliphatic rings. The average Bonchev–Trinajstić information content (AvgIpc) is 2.71. The topological polar surface area (TPSA) is 57.7 Å². The molecule has 2 aromatic rings. The van der Waals surface area contributed by atoms with Crippen LogP contribution in [0.2, 0.25) is 0 Å². The number of esters is 1. The predicted octanol–water partition coefficient (Wildman–Crippen LogP) is 5.03. The second-order valence-electron chi connectivity index (χ2n) is 6.91. The van der Waals surface area contributed by atoms with Crippen LogP contribution in [0.5, 0.6) is 5.88 Å². The molecule has 5 nitrogen and oxygen atoms in total. The molecule has 0 radical (unpaired) electrons. The summed E-state index contributed by atoms with van der Waals surface area (Å²) in [4.78, 5) is 16.5. The van der Waals surface area contributed by atoms with Gasteiger partial charge in [-0.1, -0.05) is 24.3 Å². The number of carbonyl (C=O) groups is 1. The van der Waals surface area contributed by atoms with Gasteiger partial charge >= 0.3 is 12.6 Å². The van der Waals surface area contributed by atoms with Crippen molar-refractivity contribution < 1.29 is 32.2 Å². The molecule has 0 amide bonds. The lowest BCUT2D eigenvalue weighted by Gasteiger charge is -2.27. The fourth-order valence-corrected chi connectivity index (χ4v) is 3.26. The normalized spacial score (nSPS) is 15.5. The number of halogens is 3. The van der Waals surface area contributed by atoms with Crippen molar-refractivity contribution in [3.05, 3.63) is 53.5 Å². The molecule has 1 atom stereocenters. The number of hydrogen-bond acceptors (Lipinski definition) is 5. The van der Waals surface area contributed by atoms with Crippen LogP contribution in [-0.2, 0) is 15.9 Å². The highest BCUT2D eigenvalue weighted by atomic mass is 19.3. The molecule has 30 heavy (non-hydrogen) atoms. The Bertz CT molecular complexity index is 962. The smallest absolute Gasteiger partial charge is 0.357 e. The van der Waals surface area contributed by atoms with Gasteiger partial charge in [0.05, 0.1) is 13.2 Å². The summed E-state index contributed by atoms with van der Waals surface area (Å²) in [5.74, 6) is -1.08. The number of pyridine rings is 1. The number of benzene rings is 1. The Kier molecular flexibility index (Phi) is 6.77. The molecule has 1 aromatic heterocycles. The summed E-state index contributed by atoms with van der Waals surface area (Å²) < 4.78 is 54.7. The van der Waals surface area contributed by atoms with E-state index < -0.39 is 24.5 Å². The lowest BCUT2D eigenvalue weighted by atomic mass is 9.93. The molecule has 0 bridgehead atoms. The van der Waals surface area contributed by atoms with Gasteiger partial charge in [-0.15, -0.1) is 0 Å². The summed E-state index contributed by atoms with van der Waals surface area (Å²) in [6, 6.07) is 6.18. The first-order valence-corrected chi connectivity index (χ1v) is 9.53. The minimum absolute atomic E-state index is 0.0515. The van der Waals surface area contributed by atoms with Crippen molar-refractivity contribution in [2.24, 2.45) is 0 Å². The molecule has 1 aliphatic heterocycles. The number of rotatable bonds is 7. The maximum absolute atomic E-state index is 14.9. The first kappa shape index (κ1) is 21.8. The van der Waals surface area contributed by atoms with Gasteiger partial charge in [0.2, 0.25) is 5.88 Å². The Morgan fingerprint density at radius 1 is 1.33 bits per heavy atom. The summed E-state index contributed by atoms with van der Waals surface area (Å²) in [5.41, 5.74) is 2.64. The van der Waals surface area contributed by atoms with Crippen LogP contribution in [0.4, 0.5) is 13.2 Å². The zero-order valence-corrected chi connectivity index (χ0v) is 16.7. The second kappa shape index (κ2) is 9.30. The SMILES string of the molecule is C=C(C)c1ccc(-c2cc(C(=O)OCC)nc3c2CC[C@@H](COC(F)F)O3)c(F)c1. The Morgan fingerprint density at radius 2 is 2.10 bits per heavy atom. The van der Waals surface area contributed by atoms with Gasteiger partial charge in [-0.3, -0.25) is 0 Å². The molecule has 0 N–H and O–H groups in total. The number of ether oxygens (including phenoxy) is 3. The van der Waals surface area contributed by atoms with Crippen LogP contribution in [0, 0.1) is 5.82 Å². The predicted molar refractivity (Wildman–Crippen MR) is 105 cm³/mol. The highest BCUT2D eigenvalue weighted by molar-refractivity contribution is 5.90. The Hall–Kier alpha value is -2.87. The first-order valence-electron chi connectivity index (χ1n) is 9.53. The minimum Gasteiger partial charge on any atom is -0.472 e. The molecule has 8 heteroatoms. The summed E-state index contributed by atoms with van der Waals surface area (Å²) in [6.07, 6.45) is 0.137. The fourth-order valence-electron chi connectivity index (χ4n) is 3.26. The van der Waals surface area contributed by atoms with Crippen LogP contribution in [0.3, 0.4) is 0 Å². The van der Waals surface area contributed by atoms with Gasteiger partial charge in [-0.2, -0.15) is 8.78 Å². The van der Waals surface area contributed by atoms with Crippen LogP contribution < -0.4 is 4.74 Å². The molecule has 0 unspecified atom stereocenters. The van der Waals surface area contributed by atoms with E-state index in [4.69, 9.17) is 9.47 Å². The van der Waals surface area contributed by atoms with Crippen molar-refractivity contribution >= 4 is 11.5 Å². The number of carbonyl (C=O) groups excluding carboxylic acids is 1. The van der Waals surface area contributed by atoms with Gasteiger partial charge in [0.25, 0.3) is 0 Å². The number of nitrogens with zero attached hydrogens (tertiary/aromatic N) is 1. The molecule has 1 aromatic carbocycles. The number of hydrogen-bond donors (Lipinski definition) is 0. The molecular formula is C22H22F3NO4. The van der Waals surface area contributed by atoms with Crippen LogP contribution in [0.15, 0.2) is 30.8 Å². The molecule has 0 spiro atoms.